The molecule has 0 bridgehead atoms. The van der Waals surface area contributed by atoms with Crippen LogP contribution in [0.1, 0.15) is 11.1 Å². The van der Waals surface area contributed by atoms with Crippen LogP contribution in [0, 0.1) is 0 Å². The Bertz CT molecular complexity index is 795. The summed E-state index contributed by atoms with van der Waals surface area (Å²) in [6.07, 6.45) is -1.31. The summed E-state index contributed by atoms with van der Waals surface area (Å²) >= 11 is 0. The molecule has 0 radical (unpaired) electrons. The van der Waals surface area contributed by atoms with Crippen LogP contribution in [-0.2, 0) is 32.2 Å². The molecule has 0 saturated carbocycles. The minimum atomic E-state index is -0.631. The Morgan fingerprint density at radius 1 is 1.00 bits per heavy atom. The molecule has 6 heteroatoms. The van der Waals surface area contributed by atoms with E-state index in [0.29, 0.717) is 6.61 Å². The first kappa shape index (κ1) is 17.7. The highest BCUT2D eigenvalue weighted by Gasteiger charge is 2.53. The first-order chi connectivity index (χ1) is 13.2. The summed E-state index contributed by atoms with van der Waals surface area (Å²) in [6, 6.07) is 18.6. The van der Waals surface area contributed by atoms with E-state index in [2.05, 4.69) is 0 Å². The van der Waals surface area contributed by atoms with Crippen LogP contribution in [0.25, 0.3) is 0 Å². The second-order valence-corrected chi connectivity index (χ2v) is 6.71. The van der Waals surface area contributed by atoms with Crippen molar-refractivity contribution in [3.8, 4) is 0 Å². The first-order valence-electron chi connectivity index (χ1n) is 8.99. The van der Waals surface area contributed by atoms with Gasteiger partial charge in [-0.25, -0.2) is 4.79 Å². The number of hydrogen-bond acceptors (Lipinski definition) is 5. The molecule has 2 heterocycles. The number of ether oxygens (including phenoxy) is 3. The third-order valence-corrected chi connectivity index (χ3v) is 4.88. The van der Waals surface area contributed by atoms with Crippen molar-refractivity contribution >= 4 is 11.9 Å². The van der Waals surface area contributed by atoms with Crippen molar-refractivity contribution < 1.29 is 23.8 Å². The van der Waals surface area contributed by atoms with Crippen LogP contribution in [0.5, 0.6) is 0 Å². The molecule has 27 heavy (non-hydrogen) atoms. The number of carbonyl (C=O) groups excluding carboxylic acids is 2. The van der Waals surface area contributed by atoms with Crippen molar-refractivity contribution in [2.45, 2.75) is 31.5 Å². The van der Waals surface area contributed by atoms with Gasteiger partial charge in [-0.2, -0.15) is 0 Å². The highest BCUT2D eigenvalue weighted by Crippen LogP contribution is 2.30. The number of fused-ring (bicyclic) bond motifs is 1. The molecule has 0 N–H and O–H groups in total. The molecule has 0 aromatic heterocycles. The smallest absolute Gasteiger partial charge is 0.410 e. The summed E-state index contributed by atoms with van der Waals surface area (Å²) in [7, 11) is 0. The molecule has 2 saturated heterocycles. The van der Waals surface area contributed by atoms with E-state index < -0.39 is 18.2 Å². The van der Waals surface area contributed by atoms with E-state index in [1.54, 1.807) is 0 Å². The number of carbonyl (C=O) groups is 2. The number of rotatable bonds is 5. The zero-order chi connectivity index (χ0) is 18.6. The summed E-state index contributed by atoms with van der Waals surface area (Å²) in [5, 5.41) is 0. The number of Topliss-reactive ketones (excluding diaryl/α,β-unsaturated/α-hetero) is 1. The normalized spacial score (nSPS) is 24.1. The van der Waals surface area contributed by atoms with Gasteiger partial charge in [-0.1, -0.05) is 60.7 Å². The van der Waals surface area contributed by atoms with Crippen molar-refractivity contribution in [1.29, 1.82) is 0 Å². The average molecular weight is 367 g/mol. The number of ketones is 1. The van der Waals surface area contributed by atoms with Gasteiger partial charge < -0.3 is 14.2 Å². The van der Waals surface area contributed by atoms with Crippen LogP contribution >= 0.6 is 0 Å². The van der Waals surface area contributed by atoms with Crippen LogP contribution in [0.4, 0.5) is 4.79 Å². The molecule has 140 valence electrons. The van der Waals surface area contributed by atoms with E-state index in [0.717, 1.165) is 11.1 Å². The Balaban J connectivity index is 1.40. The molecule has 2 aliphatic heterocycles. The first-order valence-corrected chi connectivity index (χ1v) is 8.99. The fourth-order valence-electron chi connectivity index (χ4n) is 3.53. The average Bonchev–Trinajstić information content (AvgIpc) is 3.27. The summed E-state index contributed by atoms with van der Waals surface area (Å²) in [6.45, 7) is 0.849. The van der Waals surface area contributed by atoms with E-state index >= 15 is 0 Å². The van der Waals surface area contributed by atoms with Crippen molar-refractivity contribution in [1.82, 2.24) is 4.90 Å². The molecule has 0 aliphatic carbocycles. The van der Waals surface area contributed by atoms with Gasteiger partial charge in [0.2, 0.25) is 0 Å². The van der Waals surface area contributed by atoms with Gasteiger partial charge in [0, 0.05) is 0 Å². The maximum absolute atomic E-state index is 12.6. The standard InChI is InChI=1S/C21H21NO5/c23-17-14-26-20-18(25-12-15-7-3-1-4-8-15)11-22(19(17)20)21(24)27-13-16-9-5-2-6-10-16/h1-10,18-20H,11-14H2. The molecule has 3 atom stereocenters. The minimum absolute atomic E-state index is 0.00297. The molecule has 2 aromatic rings. The minimum Gasteiger partial charge on any atom is -0.445 e. The molecule has 3 unspecified atom stereocenters. The second-order valence-electron chi connectivity index (χ2n) is 6.71. The summed E-state index contributed by atoms with van der Waals surface area (Å²) in [4.78, 5) is 26.2. The number of hydrogen-bond donors (Lipinski definition) is 0. The highest BCUT2D eigenvalue weighted by atomic mass is 16.6. The lowest BCUT2D eigenvalue weighted by molar-refractivity contribution is -0.121. The summed E-state index contributed by atoms with van der Waals surface area (Å²) < 4.78 is 17.0. The lowest BCUT2D eigenvalue weighted by Gasteiger charge is -2.20. The van der Waals surface area contributed by atoms with Crippen molar-refractivity contribution in [3.05, 3.63) is 71.8 Å². The van der Waals surface area contributed by atoms with Gasteiger partial charge >= 0.3 is 6.09 Å². The highest BCUT2D eigenvalue weighted by molar-refractivity contribution is 5.91. The molecule has 2 fully saturated rings. The molecule has 4 rings (SSSR count). The fourth-order valence-corrected chi connectivity index (χ4v) is 3.53. The molecule has 6 nitrogen and oxygen atoms in total. The Morgan fingerprint density at radius 2 is 1.63 bits per heavy atom. The van der Waals surface area contributed by atoms with Crippen LogP contribution in [0.15, 0.2) is 60.7 Å². The lowest BCUT2D eigenvalue weighted by Crippen LogP contribution is -2.42. The summed E-state index contributed by atoms with van der Waals surface area (Å²) in [5.74, 6) is -0.109. The number of amides is 1. The maximum Gasteiger partial charge on any atom is 0.410 e. The Labute approximate surface area is 157 Å². The number of likely N-dealkylation sites (tertiary alicyclic amines) is 1. The van der Waals surface area contributed by atoms with E-state index in [1.165, 1.54) is 4.90 Å². The predicted molar refractivity (Wildman–Crippen MR) is 96.9 cm³/mol. The fraction of sp³-hybridized carbons (Fsp3) is 0.333. The number of nitrogens with zero attached hydrogens (tertiary/aromatic N) is 1. The van der Waals surface area contributed by atoms with Gasteiger partial charge in [0.05, 0.1) is 13.2 Å². The van der Waals surface area contributed by atoms with Gasteiger partial charge in [0.25, 0.3) is 0 Å². The summed E-state index contributed by atoms with van der Waals surface area (Å²) in [5.41, 5.74) is 1.93. The largest absolute Gasteiger partial charge is 0.445 e. The quantitative estimate of drug-likeness (QED) is 0.813. The van der Waals surface area contributed by atoms with Gasteiger partial charge in [-0.3, -0.25) is 9.69 Å². The van der Waals surface area contributed by atoms with Crippen LogP contribution in [0.3, 0.4) is 0 Å². The van der Waals surface area contributed by atoms with Crippen LogP contribution < -0.4 is 0 Å². The Hall–Kier alpha value is -2.70. The van der Waals surface area contributed by atoms with Gasteiger partial charge in [-0.15, -0.1) is 0 Å². The SMILES string of the molecule is O=C1COC2C(OCc3ccccc3)CN(C(=O)OCc3ccccc3)C12. The topological polar surface area (TPSA) is 65.1 Å². The van der Waals surface area contributed by atoms with E-state index in [1.807, 2.05) is 60.7 Å². The van der Waals surface area contributed by atoms with E-state index in [9.17, 15) is 9.59 Å². The molecular formula is C21H21NO5. The van der Waals surface area contributed by atoms with Crippen molar-refractivity contribution in [2.24, 2.45) is 0 Å². The number of benzene rings is 2. The predicted octanol–water partition coefficient (Wildman–Crippen LogP) is 2.56. The third kappa shape index (κ3) is 3.86. The molecule has 1 amide bonds. The van der Waals surface area contributed by atoms with E-state index in [4.69, 9.17) is 14.2 Å². The van der Waals surface area contributed by atoms with E-state index in [-0.39, 0.29) is 31.6 Å². The maximum atomic E-state index is 12.6. The Morgan fingerprint density at radius 3 is 2.30 bits per heavy atom. The third-order valence-electron chi connectivity index (χ3n) is 4.88. The van der Waals surface area contributed by atoms with Crippen molar-refractivity contribution in [2.75, 3.05) is 13.2 Å². The van der Waals surface area contributed by atoms with Crippen LogP contribution in [-0.4, -0.2) is 48.2 Å². The molecule has 2 aromatic carbocycles. The van der Waals surface area contributed by atoms with Gasteiger partial charge in [-0.05, 0) is 11.1 Å². The van der Waals surface area contributed by atoms with Gasteiger partial charge in [0.1, 0.15) is 31.5 Å². The lowest BCUT2D eigenvalue weighted by atomic mass is 10.1. The molecule has 2 aliphatic rings. The monoisotopic (exact) mass is 367 g/mol. The zero-order valence-corrected chi connectivity index (χ0v) is 14.8. The van der Waals surface area contributed by atoms with Gasteiger partial charge in [0.15, 0.2) is 5.78 Å². The second kappa shape index (κ2) is 7.90. The Kier molecular flexibility index (Phi) is 5.18. The zero-order valence-electron chi connectivity index (χ0n) is 14.8. The molecular weight excluding hydrogens is 346 g/mol. The van der Waals surface area contributed by atoms with Crippen molar-refractivity contribution in [3.63, 3.8) is 0 Å². The molecule has 0 spiro atoms. The van der Waals surface area contributed by atoms with Crippen LogP contribution in [0.2, 0.25) is 0 Å².